The number of nitrogens with zero attached hydrogens (tertiary/aromatic N) is 4. The van der Waals surface area contributed by atoms with Gasteiger partial charge in [0.2, 0.25) is 11.8 Å². The van der Waals surface area contributed by atoms with Crippen molar-refractivity contribution in [2.24, 2.45) is 11.7 Å². The Morgan fingerprint density at radius 1 is 1.10 bits per heavy atom. The van der Waals surface area contributed by atoms with Crippen LogP contribution in [-0.4, -0.2) is 82.6 Å². The van der Waals surface area contributed by atoms with Crippen molar-refractivity contribution in [1.29, 1.82) is 0 Å². The van der Waals surface area contributed by atoms with E-state index in [1.807, 2.05) is 60.4 Å². The lowest BCUT2D eigenvalue weighted by atomic mass is 9.94. The summed E-state index contributed by atoms with van der Waals surface area (Å²) in [7, 11) is 0. The van der Waals surface area contributed by atoms with E-state index in [0.29, 0.717) is 62.7 Å². The third-order valence-electron chi connectivity index (χ3n) is 7.58. The van der Waals surface area contributed by atoms with Gasteiger partial charge in [0.05, 0.1) is 6.20 Å². The van der Waals surface area contributed by atoms with Gasteiger partial charge in [0.1, 0.15) is 18.3 Å². The summed E-state index contributed by atoms with van der Waals surface area (Å²) in [5.74, 6) is -0.376. The van der Waals surface area contributed by atoms with Gasteiger partial charge in [-0.05, 0) is 50.4 Å². The summed E-state index contributed by atoms with van der Waals surface area (Å²) in [6, 6.07) is 14.2. The number of primary amides is 1. The number of nitrogens with two attached hydrogens (primary N) is 1. The van der Waals surface area contributed by atoms with Gasteiger partial charge < -0.3 is 15.5 Å². The number of amides is 2. The van der Waals surface area contributed by atoms with Crippen LogP contribution in [0.1, 0.15) is 31.2 Å². The molecule has 1 fully saturated rings. The minimum absolute atomic E-state index is 0.0783. The molecule has 0 radical (unpaired) electrons. The van der Waals surface area contributed by atoms with E-state index in [1.54, 1.807) is 12.4 Å². The number of aromatic nitrogens is 2. The fraction of sp³-hybridized carbons (Fsp3) is 0.467. The highest BCUT2D eigenvalue weighted by Gasteiger charge is 2.36. The van der Waals surface area contributed by atoms with E-state index in [1.165, 1.54) is 0 Å². The maximum atomic E-state index is 13.0. The van der Waals surface area contributed by atoms with Crippen LogP contribution in [0.25, 0.3) is 11.5 Å². The highest BCUT2D eigenvalue weighted by Crippen LogP contribution is 2.22. The first-order chi connectivity index (χ1) is 20.1. The van der Waals surface area contributed by atoms with Crippen molar-refractivity contribution in [1.82, 2.24) is 25.1 Å². The molecule has 0 bridgehead atoms. The number of alkyl halides is 3. The molecule has 226 valence electrons. The number of hydrogen-bond acceptors (Lipinski definition) is 7. The van der Waals surface area contributed by atoms with Crippen molar-refractivity contribution < 1.29 is 27.2 Å². The summed E-state index contributed by atoms with van der Waals surface area (Å²) in [5.41, 5.74) is 7.34. The van der Waals surface area contributed by atoms with Gasteiger partial charge >= 0.3 is 6.18 Å². The van der Waals surface area contributed by atoms with Crippen LogP contribution < -0.4 is 11.1 Å². The Kier molecular flexibility index (Phi) is 10.7. The summed E-state index contributed by atoms with van der Waals surface area (Å²) >= 11 is 0. The molecule has 0 spiro atoms. The van der Waals surface area contributed by atoms with E-state index in [-0.39, 0.29) is 18.5 Å². The average molecular weight is 587 g/mol. The number of rotatable bonds is 13. The lowest BCUT2D eigenvalue weighted by Crippen LogP contribution is -2.61. The molecule has 42 heavy (non-hydrogen) atoms. The fourth-order valence-electron chi connectivity index (χ4n) is 5.26. The molecule has 9 nitrogen and oxygen atoms in total. The van der Waals surface area contributed by atoms with Crippen LogP contribution in [-0.2, 0) is 22.4 Å². The number of halogens is 3. The average Bonchev–Trinajstić information content (AvgIpc) is 3.44. The molecule has 2 aromatic heterocycles. The Balaban J connectivity index is 1.37. The molecule has 4 rings (SSSR count). The topological polar surface area (TPSA) is 118 Å². The molecule has 2 amide bonds. The van der Waals surface area contributed by atoms with Gasteiger partial charge in [-0.25, -0.2) is 4.98 Å². The SMILES string of the molecule is CC(Cc1ncc(-c2ccccn2)o1)N1CCN(CCCC(Cc2ccccc2)C(N)=O)C(C(=O)NCC(F)(F)F)C1. The molecule has 3 N–H and O–H groups in total. The Morgan fingerprint density at radius 2 is 1.86 bits per heavy atom. The van der Waals surface area contributed by atoms with Gasteiger partial charge in [0, 0.05) is 44.2 Å². The molecule has 1 aliphatic heterocycles. The van der Waals surface area contributed by atoms with Gasteiger partial charge in [0.15, 0.2) is 11.7 Å². The molecule has 3 heterocycles. The smallest absolute Gasteiger partial charge is 0.405 e. The summed E-state index contributed by atoms with van der Waals surface area (Å²) in [4.78, 5) is 37.7. The van der Waals surface area contributed by atoms with Gasteiger partial charge in [0.25, 0.3) is 0 Å². The number of piperazine rings is 1. The third-order valence-corrected chi connectivity index (χ3v) is 7.58. The molecule has 1 aliphatic rings. The van der Waals surface area contributed by atoms with Crippen molar-refractivity contribution in [3.05, 3.63) is 72.4 Å². The van der Waals surface area contributed by atoms with Crippen LogP contribution >= 0.6 is 0 Å². The second-order valence-electron chi connectivity index (χ2n) is 10.7. The first-order valence-electron chi connectivity index (χ1n) is 14.1. The van der Waals surface area contributed by atoms with Crippen LogP contribution in [0, 0.1) is 5.92 Å². The van der Waals surface area contributed by atoms with Gasteiger partial charge in [-0.15, -0.1) is 0 Å². The zero-order chi connectivity index (χ0) is 30.1. The molecule has 0 saturated carbocycles. The number of carbonyl (C=O) groups is 2. The van der Waals surface area contributed by atoms with E-state index in [4.69, 9.17) is 10.2 Å². The van der Waals surface area contributed by atoms with Crippen molar-refractivity contribution in [2.45, 2.75) is 50.9 Å². The second-order valence-corrected chi connectivity index (χ2v) is 10.7. The van der Waals surface area contributed by atoms with E-state index in [9.17, 15) is 22.8 Å². The molecule has 3 atom stereocenters. The number of pyridine rings is 1. The number of hydrogen-bond donors (Lipinski definition) is 2. The normalized spacial score (nSPS) is 18.0. The quantitative estimate of drug-likeness (QED) is 0.315. The molecule has 12 heteroatoms. The second kappa shape index (κ2) is 14.4. The maximum absolute atomic E-state index is 13.0. The Morgan fingerprint density at radius 3 is 2.55 bits per heavy atom. The first kappa shape index (κ1) is 31.2. The van der Waals surface area contributed by atoms with Crippen LogP contribution in [0.3, 0.4) is 0 Å². The number of carbonyl (C=O) groups excluding carboxylic acids is 2. The maximum Gasteiger partial charge on any atom is 0.405 e. The molecule has 1 aromatic carbocycles. The zero-order valence-electron chi connectivity index (χ0n) is 23.6. The Bertz CT molecular complexity index is 1290. The monoisotopic (exact) mass is 586 g/mol. The van der Waals surface area contributed by atoms with Crippen LogP contribution in [0.15, 0.2) is 65.3 Å². The van der Waals surface area contributed by atoms with Crippen LogP contribution in [0.4, 0.5) is 13.2 Å². The predicted octanol–water partition coefficient (Wildman–Crippen LogP) is 3.46. The van der Waals surface area contributed by atoms with Crippen molar-refractivity contribution in [3.8, 4) is 11.5 Å². The fourth-order valence-corrected chi connectivity index (χ4v) is 5.26. The van der Waals surface area contributed by atoms with E-state index in [0.717, 1.165) is 5.56 Å². The summed E-state index contributed by atoms with van der Waals surface area (Å²) in [6.45, 7) is 2.39. The number of nitrogens with one attached hydrogen (secondary N) is 1. The van der Waals surface area contributed by atoms with E-state index >= 15 is 0 Å². The zero-order valence-corrected chi connectivity index (χ0v) is 23.6. The minimum Gasteiger partial charge on any atom is -0.439 e. The minimum atomic E-state index is -4.51. The first-order valence-corrected chi connectivity index (χ1v) is 14.1. The number of oxazole rings is 1. The van der Waals surface area contributed by atoms with E-state index < -0.39 is 30.6 Å². The van der Waals surface area contributed by atoms with Gasteiger partial charge in [-0.1, -0.05) is 36.4 Å². The standard InChI is InChI=1S/C30H37F3N6O3/c1-21(16-27-36-18-26(42-27)24-11-5-6-12-35-24)39-15-14-38(25(19-39)29(41)37-20-30(31,32)33)13-7-10-23(28(34)40)17-22-8-3-2-4-9-22/h2-6,8-9,11-12,18,21,23,25H,7,10,13-17,19-20H2,1H3,(H2,34,40)(H,37,41). The van der Waals surface area contributed by atoms with Crippen LogP contribution in [0.5, 0.6) is 0 Å². The Labute approximate surface area is 243 Å². The van der Waals surface area contributed by atoms with Crippen molar-refractivity contribution >= 4 is 11.8 Å². The van der Waals surface area contributed by atoms with Crippen LogP contribution in [0.2, 0.25) is 0 Å². The lowest BCUT2D eigenvalue weighted by molar-refractivity contribution is -0.143. The third kappa shape index (κ3) is 9.12. The molecular weight excluding hydrogens is 549 g/mol. The van der Waals surface area contributed by atoms with Crippen molar-refractivity contribution in [3.63, 3.8) is 0 Å². The predicted molar refractivity (Wildman–Crippen MR) is 151 cm³/mol. The summed E-state index contributed by atoms with van der Waals surface area (Å²) in [6.07, 6.45) is 0.841. The van der Waals surface area contributed by atoms with E-state index in [2.05, 4.69) is 20.2 Å². The highest BCUT2D eigenvalue weighted by atomic mass is 19.4. The lowest BCUT2D eigenvalue weighted by Gasteiger charge is -2.43. The number of benzene rings is 1. The van der Waals surface area contributed by atoms with Crippen molar-refractivity contribution in [2.75, 3.05) is 32.7 Å². The summed E-state index contributed by atoms with van der Waals surface area (Å²) < 4.78 is 44.6. The summed E-state index contributed by atoms with van der Waals surface area (Å²) in [5, 5.41) is 2.06. The molecule has 3 aromatic rings. The largest absolute Gasteiger partial charge is 0.439 e. The molecule has 3 unspecified atom stereocenters. The Hall–Kier alpha value is -3.77. The molecule has 0 aliphatic carbocycles. The van der Waals surface area contributed by atoms with Gasteiger partial charge in [-0.3, -0.25) is 24.4 Å². The van der Waals surface area contributed by atoms with Gasteiger partial charge in [-0.2, -0.15) is 13.2 Å². The highest BCUT2D eigenvalue weighted by molar-refractivity contribution is 5.82. The molecule has 1 saturated heterocycles. The molecular formula is C30H37F3N6O3.